The van der Waals surface area contributed by atoms with E-state index in [9.17, 15) is 18.3 Å². The second-order valence-corrected chi connectivity index (χ2v) is 10.5. The molecule has 0 radical (unpaired) electrons. The van der Waals surface area contributed by atoms with E-state index in [0.717, 1.165) is 12.0 Å². The van der Waals surface area contributed by atoms with E-state index in [1.54, 1.807) is 55.6 Å². The zero-order chi connectivity index (χ0) is 26.7. The van der Waals surface area contributed by atoms with Crippen molar-refractivity contribution in [3.05, 3.63) is 94.3 Å². The zero-order valence-corrected chi connectivity index (χ0v) is 21.5. The van der Waals surface area contributed by atoms with Crippen LogP contribution >= 0.6 is 0 Å². The highest BCUT2D eigenvalue weighted by molar-refractivity contribution is 7.90. The molecule has 0 unspecified atom stereocenters. The number of hydrogen-bond acceptors (Lipinski definition) is 7. The van der Waals surface area contributed by atoms with E-state index in [-0.39, 0.29) is 22.9 Å². The largest absolute Gasteiger partial charge is 0.497 e. The number of fused-ring (bicyclic) bond motifs is 1. The SMILES string of the molecule is COc1ccc(Cn2c(O)c(C=Nc3cccc(S(=O)(=O)NC4=NCCC4)c3)c3ccccc3c2=O)cc1. The van der Waals surface area contributed by atoms with E-state index in [1.807, 2.05) is 12.1 Å². The maximum atomic E-state index is 13.3. The quantitative estimate of drug-likeness (QED) is 0.350. The number of rotatable bonds is 7. The molecule has 1 aromatic heterocycles. The van der Waals surface area contributed by atoms with Crippen LogP contribution in [0.3, 0.4) is 0 Å². The van der Waals surface area contributed by atoms with Gasteiger partial charge in [-0.2, -0.15) is 0 Å². The van der Waals surface area contributed by atoms with Crippen molar-refractivity contribution in [1.82, 2.24) is 9.29 Å². The van der Waals surface area contributed by atoms with Crippen LogP contribution in [-0.4, -0.2) is 43.8 Å². The van der Waals surface area contributed by atoms with E-state index >= 15 is 0 Å². The Morgan fingerprint density at radius 3 is 2.55 bits per heavy atom. The van der Waals surface area contributed by atoms with E-state index < -0.39 is 10.0 Å². The molecule has 9 nitrogen and oxygen atoms in total. The first-order valence-electron chi connectivity index (χ1n) is 12.0. The summed E-state index contributed by atoms with van der Waals surface area (Å²) in [6.45, 7) is 0.754. The molecule has 0 aliphatic carbocycles. The minimum atomic E-state index is -3.80. The highest BCUT2D eigenvalue weighted by Gasteiger charge is 2.19. The third kappa shape index (κ3) is 5.16. The van der Waals surface area contributed by atoms with Crippen LogP contribution in [0.4, 0.5) is 5.69 Å². The van der Waals surface area contributed by atoms with Crippen molar-refractivity contribution in [3.63, 3.8) is 0 Å². The van der Waals surface area contributed by atoms with E-state index in [4.69, 9.17) is 4.74 Å². The molecule has 194 valence electrons. The molecule has 38 heavy (non-hydrogen) atoms. The van der Waals surface area contributed by atoms with Crippen LogP contribution in [0.25, 0.3) is 10.8 Å². The van der Waals surface area contributed by atoms with Gasteiger partial charge in [-0.1, -0.05) is 36.4 Å². The highest BCUT2D eigenvalue weighted by atomic mass is 32.2. The molecular formula is C28H26N4O5S. The Hall–Kier alpha value is -4.44. The number of pyridine rings is 1. The van der Waals surface area contributed by atoms with E-state index in [2.05, 4.69) is 14.7 Å². The molecule has 0 amide bonds. The van der Waals surface area contributed by atoms with Crippen LogP contribution in [-0.2, 0) is 16.6 Å². The Kier molecular flexibility index (Phi) is 6.97. The summed E-state index contributed by atoms with van der Waals surface area (Å²) in [7, 11) is -2.23. The fourth-order valence-electron chi connectivity index (χ4n) is 4.31. The van der Waals surface area contributed by atoms with Crippen LogP contribution in [0.1, 0.15) is 24.0 Å². The molecular weight excluding hydrogens is 504 g/mol. The Morgan fingerprint density at radius 1 is 1.08 bits per heavy atom. The van der Waals surface area contributed by atoms with Gasteiger partial charge in [0.05, 0.1) is 29.8 Å². The van der Waals surface area contributed by atoms with Crippen molar-refractivity contribution in [3.8, 4) is 11.6 Å². The summed E-state index contributed by atoms with van der Waals surface area (Å²) in [5.41, 5.74) is 1.19. The smallest absolute Gasteiger partial charge is 0.262 e. The van der Waals surface area contributed by atoms with Crippen LogP contribution in [0.15, 0.2) is 92.5 Å². The van der Waals surface area contributed by atoms with Crippen molar-refractivity contribution in [2.75, 3.05) is 13.7 Å². The number of hydrogen-bond donors (Lipinski definition) is 2. The van der Waals surface area contributed by atoms with Crippen LogP contribution in [0.5, 0.6) is 11.6 Å². The first-order valence-corrected chi connectivity index (χ1v) is 13.5. The fourth-order valence-corrected chi connectivity index (χ4v) is 5.43. The van der Waals surface area contributed by atoms with Gasteiger partial charge in [0.2, 0.25) is 5.88 Å². The fraction of sp³-hybridized carbons (Fsp3) is 0.179. The number of nitrogens with zero attached hydrogens (tertiary/aromatic N) is 3. The molecule has 3 aromatic carbocycles. The first kappa shape index (κ1) is 25.2. The maximum Gasteiger partial charge on any atom is 0.262 e. The Morgan fingerprint density at radius 2 is 1.84 bits per heavy atom. The zero-order valence-electron chi connectivity index (χ0n) is 20.7. The molecule has 1 aliphatic rings. The summed E-state index contributed by atoms with van der Waals surface area (Å²) in [6, 6.07) is 20.4. The summed E-state index contributed by atoms with van der Waals surface area (Å²) in [5, 5.41) is 12.1. The summed E-state index contributed by atoms with van der Waals surface area (Å²) < 4.78 is 34.6. The number of aromatic nitrogens is 1. The third-order valence-electron chi connectivity index (χ3n) is 6.29. The van der Waals surface area contributed by atoms with Crippen molar-refractivity contribution < 1.29 is 18.3 Å². The molecule has 1 aliphatic heterocycles. The van der Waals surface area contributed by atoms with Gasteiger partial charge in [0, 0.05) is 30.0 Å². The molecule has 4 aromatic rings. The van der Waals surface area contributed by atoms with Gasteiger partial charge in [-0.15, -0.1) is 0 Å². The lowest BCUT2D eigenvalue weighted by atomic mass is 10.1. The third-order valence-corrected chi connectivity index (χ3v) is 7.67. The number of nitrogens with one attached hydrogen (secondary N) is 1. The van der Waals surface area contributed by atoms with Gasteiger partial charge >= 0.3 is 0 Å². The number of aliphatic imine (C=N–C) groups is 2. The van der Waals surface area contributed by atoms with Crippen molar-refractivity contribution in [1.29, 1.82) is 0 Å². The topological polar surface area (TPSA) is 122 Å². The summed E-state index contributed by atoms with van der Waals surface area (Å²) >= 11 is 0. The Balaban J connectivity index is 1.52. The van der Waals surface area contributed by atoms with Gasteiger partial charge < -0.3 is 9.84 Å². The van der Waals surface area contributed by atoms with Crippen LogP contribution in [0.2, 0.25) is 0 Å². The number of benzene rings is 3. The minimum absolute atomic E-state index is 0.0558. The average molecular weight is 531 g/mol. The summed E-state index contributed by atoms with van der Waals surface area (Å²) in [6.07, 6.45) is 2.86. The standard InChI is InChI=1S/C28H26N4O5S/c1-37-21-13-11-19(12-14-21)18-32-27(33)24-9-3-2-8-23(24)25(28(32)34)17-30-20-6-4-7-22(16-20)38(35,36)31-26-10-5-15-29-26/h2-4,6-9,11-14,16-17,34H,5,10,15,18H2,1H3,(H,29,31). The first-order chi connectivity index (χ1) is 18.4. The van der Waals surface area contributed by atoms with Crippen molar-refractivity contribution in [2.24, 2.45) is 9.98 Å². The van der Waals surface area contributed by atoms with Crippen LogP contribution < -0.4 is 15.0 Å². The second kappa shape index (κ2) is 10.5. The predicted molar refractivity (Wildman–Crippen MR) is 148 cm³/mol. The molecule has 5 rings (SSSR count). The number of methoxy groups -OCH3 is 1. The van der Waals surface area contributed by atoms with E-state index in [0.29, 0.717) is 46.6 Å². The Labute approximate surface area is 219 Å². The van der Waals surface area contributed by atoms with Crippen LogP contribution in [0, 0.1) is 0 Å². The summed E-state index contributed by atoms with van der Waals surface area (Å²) in [5.74, 6) is 0.902. The summed E-state index contributed by atoms with van der Waals surface area (Å²) in [4.78, 5) is 21.9. The molecule has 10 heteroatoms. The number of ether oxygens (including phenoxy) is 1. The lowest BCUT2D eigenvalue weighted by Gasteiger charge is -2.14. The van der Waals surface area contributed by atoms with Gasteiger partial charge in [0.1, 0.15) is 11.6 Å². The van der Waals surface area contributed by atoms with E-state index in [1.165, 1.54) is 22.9 Å². The van der Waals surface area contributed by atoms with Crippen molar-refractivity contribution >= 4 is 38.5 Å². The molecule has 0 atom stereocenters. The van der Waals surface area contributed by atoms with Gasteiger partial charge in [-0.3, -0.25) is 24.1 Å². The highest BCUT2D eigenvalue weighted by Crippen LogP contribution is 2.26. The van der Waals surface area contributed by atoms with Gasteiger partial charge in [0.25, 0.3) is 15.6 Å². The predicted octanol–water partition coefficient (Wildman–Crippen LogP) is 3.99. The van der Waals surface area contributed by atoms with Crippen molar-refractivity contribution in [2.45, 2.75) is 24.3 Å². The maximum absolute atomic E-state index is 13.3. The molecule has 0 saturated heterocycles. The molecule has 0 saturated carbocycles. The lowest BCUT2D eigenvalue weighted by molar-refractivity contribution is 0.412. The number of aromatic hydroxyl groups is 1. The monoisotopic (exact) mass is 530 g/mol. The van der Waals surface area contributed by atoms with Gasteiger partial charge in [0.15, 0.2) is 0 Å². The molecule has 0 fully saturated rings. The molecule has 0 spiro atoms. The molecule has 2 N–H and O–H groups in total. The minimum Gasteiger partial charge on any atom is -0.497 e. The molecule has 0 bridgehead atoms. The molecule has 2 heterocycles. The normalized spacial score (nSPS) is 13.7. The number of sulfonamides is 1. The van der Waals surface area contributed by atoms with Gasteiger partial charge in [-0.05, 0) is 48.4 Å². The average Bonchev–Trinajstić information content (AvgIpc) is 3.44. The number of amidine groups is 1. The lowest BCUT2D eigenvalue weighted by Crippen LogP contribution is -2.29. The second-order valence-electron chi connectivity index (χ2n) is 8.82. The Bertz CT molecular complexity index is 1720. The van der Waals surface area contributed by atoms with Gasteiger partial charge in [-0.25, -0.2) is 8.42 Å².